The number of anilines is 1. The standard InChI is InChI=1S/C16H14ClN5O2/c17-11-1-4-13(5-2-11)24-15-6-3-12(7-10(15)9-23)21-22-14(8-18)16(19)20/h1-7,21,23H,9H2,(H3,19,20)/b22-14+. The molecule has 0 saturated carbocycles. The van der Waals surface area contributed by atoms with Crippen LogP contribution < -0.4 is 15.9 Å². The van der Waals surface area contributed by atoms with Gasteiger partial charge in [-0.25, -0.2) is 0 Å². The lowest BCUT2D eigenvalue weighted by Gasteiger charge is -2.11. The van der Waals surface area contributed by atoms with Gasteiger partial charge in [0.15, 0.2) is 5.84 Å². The highest BCUT2D eigenvalue weighted by Gasteiger charge is 2.07. The third kappa shape index (κ3) is 4.46. The second-order valence-electron chi connectivity index (χ2n) is 4.63. The average Bonchev–Trinajstić information content (AvgIpc) is 2.58. The SMILES string of the molecule is N#C/C(=N\Nc1ccc(Oc2ccc(Cl)cc2)c(CO)c1)C(=N)N. The largest absolute Gasteiger partial charge is 0.457 e. The molecule has 0 bridgehead atoms. The fraction of sp³-hybridized carbons (Fsp3) is 0.0625. The Kier molecular flexibility index (Phi) is 5.73. The number of aliphatic hydroxyl groups is 1. The smallest absolute Gasteiger partial charge is 0.201 e. The van der Waals surface area contributed by atoms with E-state index in [0.29, 0.717) is 27.8 Å². The summed E-state index contributed by atoms with van der Waals surface area (Å²) in [4.78, 5) is 0. The Morgan fingerprint density at radius 3 is 2.62 bits per heavy atom. The molecule has 0 spiro atoms. The summed E-state index contributed by atoms with van der Waals surface area (Å²) in [6.45, 7) is -0.250. The van der Waals surface area contributed by atoms with E-state index in [1.54, 1.807) is 48.5 Å². The van der Waals surface area contributed by atoms with Crippen LogP contribution in [0.4, 0.5) is 5.69 Å². The minimum atomic E-state index is -0.435. The van der Waals surface area contributed by atoms with Gasteiger partial charge in [-0.1, -0.05) is 11.6 Å². The van der Waals surface area contributed by atoms with E-state index in [2.05, 4.69) is 10.5 Å². The molecule has 0 amide bonds. The van der Waals surface area contributed by atoms with Crippen LogP contribution in [-0.2, 0) is 6.61 Å². The second kappa shape index (κ2) is 7.97. The van der Waals surface area contributed by atoms with Crippen LogP contribution in [0.25, 0.3) is 0 Å². The maximum Gasteiger partial charge on any atom is 0.201 e. The minimum absolute atomic E-state index is 0.234. The Labute approximate surface area is 143 Å². The summed E-state index contributed by atoms with van der Waals surface area (Å²) in [6.07, 6.45) is 0. The maximum atomic E-state index is 9.51. The Bertz CT molecular complexity index is 812. The highest BCUT2D eigenvalue weighted by Crippen LogP contribution is 2.28. The second-order valence-corrected chi connectivity index (χ2v) is 5.07. The third-order valence-corrected chi connectivity index (χ3v) is 3.18. The van der Waals surface area contributed by atoms with E-state index in [4.69, 9.17) is 32.7 Å². The number of nitrogens with zero attached hydrogens (tertiary/aromatic N) is 2. The summed E-state index contributed by atoms with van der Waals surface area (Å²) in [7, 11) is 0. The number of rotatable bonds is 6. The van der Waals surface area contributed by atoms with Crippen molar-refractivity contribution in [3.8, 4) is 17.6 Å². The molecule has 24 heavy (non-hydrogen) atoms. The quantitative estimate of drug-likeness (QED) is 0.364. The van der Waals surface area contributed by atoms with E-state index in [9.17, 15) is 5.11 Å². The van der Waals surface area contributed by atoms with Crippen molar-refractivity contribution < 1.29 is 9.84 Å². The zero-order valence-electron chi connectivity index (χ0n) is 12.5. The lowest BCUT2D eigenvalue weighted by molar-refractivity contribution is 0.276. The molecule has 0 saturated heterocycles. The summed E-state index contributed by atoms with van der Waals surface area (Å²) >= 11 is 5.83. The van der Waals surface area contributed by atoms with Gasteiger partial charge in [-0.05, 0) is 42.5 Å². The Hall–Kier alpha value is -3.08. The van der Waals surface area contributed by atoms with Gasteiger partial charge in [-0.3, -0.25) is 10.8 Å². The molecule has 8 heteroatoms. The molecule has 0 aliphatic rings. The van der Waals surface area contributed by atoms with Gasteiger partial charge in [0.1, 0.15) is 17.6 Å². The van der Waals surface area contributed by atoms with Gasteiger partial charge in [0.25, 0.3) is 0 Å². The van der Waals surface area contributed by atoms with Crippen LogP contribution in [0.15, 0.2) is 47.6 Å². The normalized spacial score (nSPS) is 10.8. The van der Waals surface area contributed by atoms with Crippen LogP contribution in [0.2, 0.25) is 5.02 Å². The van der Waals surface area contributed by atoms with Gasteiger partial charge < -0.3 is 15.6 Å². The van der Waals surface area contributed by atoms with E-state index in [1.165, 1.54) is 0 Å². The number of nitrogens with one attached hydrogen (secondary N) is 2. The van der Waals surface area contributed by atoms with Crippen molar-refractivity contribution in [3.05, 3.63) is 53.1 Å². The third-order valence-electron chi connectivity index (χ3n) is 2.93. The molecule has 2 rings (SSSR count). The number of hydrogen-bond acceptors (Lipinski definition) is 6. The zero-order valence-corrected chi connectivity index (χ0v) is 13.2. The summed E-state index contributed by atoms with van der Waals surface area (Å²) in [6, 6.07) is 13.5. The van der Waals surface area contributed by atoms with E-state index >= 15 is 0 Å². The number of aliphatic hydroxyl groups excluding tert-OH is 1. The molecular weight excluding hydrogens is 330 g/mol. The van der Waals surface area contributed by atoms with Crippen molar-refractivity contribution in [3.63, 3.8) is 0 Å². The predicted octanol–water partition coefficient (Wildman–Crippen LogP) is 2.85. The number of nitriles is 1. The number of amidine groups is 1. The molecular formula is C16H14ClN5O2. The molecule has 2 aromatic carbocycles. The van der Waals surface area contributed by atoms with Gasteiger partial charge in [0.2, 0.25) is 5.71 Å². The molecule has 0 aromatic heterocycles. The van der Waals surface area contributed by atoms with Crippen molar-refractivity contribution in [1.82, 2.24) is 0 Å². The molecule has 0 aliphatic carbocycles. The molecule has 0 aliphatic heterocycles. The molecule has 0 fully saturated rings. The first-order valence-corrected chi connectivity index (χ1v) is 7.16. The molecule has 0 unspecified atom stereocenters. The lowest BCUT2D eigenvalue weighted by Crippen LogP contribution is -2.21. The highest BCUT2D eigenvalue weighted by molar-refractivity contribution is 6.45. The van der Waals surface area contributed by atoms with Gasteiger partial charge in [0, 0.05) is 10.6 Å². The van der Waals surface area contributed by atoms with Crippen molar-refractivity contribution in [2.75, 3.05) is 5.43 Å². The first kappa shape index (κ1) is 17.3. The predicted molar refractivity (Wildman–Crippen MR) is 92.5 cm³/mol. The van der Waals surface area contributed by atoms with Gasteiger partial charge in [-0.15, -0.1) is 0 Å². The summed E-state index contributed by atoms with van der Waals surface area (Å²) in [5.41, 5.74) is 8.62. The summed E-state index contributed by atoms with van der Waals surface area (Å²) in [5, 5.41) is 29.8. The molecule has 122 valence electrons. The van der Waals surface area contributed by atoms with Crippen LogP contribution in [0.5, 0.6) is 11.5 Å². The van der Waals surface area contributed by atoms with Gasteiger partial charge >= 0.3 is 0 Å². The monoisotopic (exact) mass is 343 g/mol. The van der Waals surface area contributed by atoms with Crippen molar-refractivity contribution in [2.24, 2.45) is 10.8 Å². The number of hydrazone groups is 1. The van der Waals surface area contributed by atoms with Crippen LogP contribution >= 0.6 is 11.6 Å². The number of hydrogen-bond donors (Lipinski definition) is 4. The fourth-order valence-corrected chi connectivity index (χ4v) is 1.89. The number of nitrogens with two attached hydrogens (primary N) is 1. The summed E-state index contributed by atoms with van der Waals surface area (Å²) in [5.74, 6) is 0.618. The Morgan fingerprint density at radius 2 is 2.04 bits per heavy atom. The van der Waals surface area contributed by atoms with E-state index in [0.717, 1.165) is 0 Å². The van der Waals surface area contributed by atoms with Crippen molar-refractivity contribution in [2.45, 2.75) is 6.61 Å². The minimum Gasteiger partial charge on any atom is -0.457 e. The molecule has 7 nitrogen and oxygen atoms in total. The van der Waals surface area contributed by atoms with Crippen LogP contribution in [0.3, 0.4) is 0 Å². The fourth-order valence-electron chi connectivity index (χ4n) is 1.77. The van der Waals surface area contributed by atoms with Crippen molar-refractivity contribution in [1.29, 1.82) is 10.7 Å². The highest BCUT2D eigenvalue weighted by atomic mass is 35.5. The van der Waals surface area contributed by atoms with E-state index in [1.807, 2.05) is 0 Å². The topological polar surface area (TPSA) is 128 Å². The van der Waals surface area contributed by atoms with Gasteiger partial charge in [-0.2, -0.15) is 10.4 Å². The van der Waals surface area contributed by atoms with Crippen LogP contribution in [0.1, 0.15) is 5.56 Å². The first-order valence-electron chi connectivity index (χ1n) is 6.79. The Balaban J connectivity index is 2.20. The molecule has 0 heterocycles. The zero-order chi connectivity index (χ0) is 17.5. The first-order chi connectivity index (χ1) is 11.5. The van der Waals surface area contributed by atoms with Gasteiger partial charge in [0.05, 0.1) is 12.3 Å². The van der Waals surface area contributed by atoms with Crippen LogP contribution in [-0.4, -0.2) is 16.7 Å². The number of halogens is 1. The molecule has 0 atom stereocenters. The van der Waals surface area contributed by atoms with Crippen LogP contribution in [0, 0.1) is 16.7 Å². The number of ether oxygens (including phenoxy) is 1. The van der Waals surface area contributed by atoms with E-state index < -0.39 is 5.84 Å². The Morgan fingerprint density at radius 1 is 1.33 bits per heavy atom. The van der Waals surface area contributed by atoms with E-state index in [-0.39, 0.29) is 12.3 Å². The summed E-state index contributed by atoms with van der Waals surface area (Å²) < 4.78 is 5.71. The molecule has 2 aromatic rings. The average molecular weight is 344 g/mol. The number of benzene rings is 2. The maximum absolute atomic E-state index is 9.51. The lowest BCUT2D eigenvalue weighted by atomic mass is 10.2. The van der Waals surface area contributed by atoms with Crippen molar-refractivity contribution >= 4 is 28.8 Å². The molecule has 5 N–H and O–H groups in total. The molecule has 0 radical (unpaired) electrons.